The molecule has 14 heavy (non-hydrogen) atoms. The Morgan fingerprint density at radius 3 is 3.21 bits per heavy atom. The van der Waals surface area contributed by atoms with E-state index in [1.54, 1.807) is 0 Å². The van der Waals surface area contributed by atoms with Crippen LogP contribution in [0.1, 0.15) is 12.6 Å². The van der Waals surface area contributed by atoms with Crippen molar-refractivity contribution in [2.75, 3.05) is 19.6 Å². The van der Waals surface area contributed by atoms with E-state index in [9.17, 15) is 0 Å². The molecule has 0 amide bonds. The highest BCUT2D eigenvalue weighted by atomic mass is 15.2. The maximum atomic E-state index is 4.35. The molecule has 76 valence electrons. The molecule has 0 aliphatic carbocycles. The Hall–Kier alpha value is -0.930. The van der Waals surface area contributed by atoms with Gasteiger partial charge in [0.15, 0.2) is 0 Å². The molecule has 0 aromatic carbocycles. The first-order valence-corrected chi connectivity index (χ1v) is 5.21. The van der Waals surface area contributed by atoms with E-state index in [2.05, 4.69) is 34.3 Å². The fourth-order valence-electron chi connectivity index (χ4n) is 1.82. The van der Waals surface area contributed by atoms with Gasteiger partial charge in [-0.15, -0.1) is 0 Å². The molecule has 0 bridgehead atoms. The van der Waals surface area contributed by atoms with E-state index in [0.29, 0.717) is 6.04 Å². The monoisotopic (exact) mass is 191 g/mol. The number of hydrogen-bond acceptors (Lipinski definition) is 3. The third-order valence-electron chi connectivity index (χ3n) is 2.73. The Bertz CT molecular complexity index is 273. The molecule has 1 N–H and O–H groups in total. The molecule has 0 radical (unpaired) electrons. The summed E-state index contributed by atoms with van der Waals surface area (Å²) in [5.74, 6) is 0. The number of piperazine rings is 1. The fourth-order valence-corrected chi connectivity index (χ4v) is 1.82. The van der Waals surface area contributed by atoms with Crippen LogP contribution in [0.25, 0.3) is 0 Å². The molecular weight excluding hydrogens is 174 g/mol. The second-order valence-corrected chi connectivity index (χ2v) is 3.84. The number of nitrogens with zero attached hydrogens (tertiary/aromatic N) is 2. The van der Waals surface area contributed by atoms with Crippen molar-refractivity contribution in [3.63, 3.8) is 0 Å². The zero-order chi connectivity index (χ0) is 9.80. The summed E-state index contributed by atoms with van der Waals surface area (Å²) < 4.78 is 0. The minimum atomic E-state index is 0.616. The summed E-state index contributed by atoms with van der Waals surface area (Å²) in [6, 6.07) is 6.72. The van der Waals surface area contributed by atoms with Gasteiger partial charge < -0.3 is 5.32 Å². The van der Waals surface area contributed by atoms with E-state index in [4.69, 9.17) is 0 Å². The van der Waals surface area contributed by atoms with Gasteiger partial charge >= 0.3 is 0 Å². The molecule has 1 aliphatic heterocycles. The van der Waals surface area contributed by atoms with Crippen molar-refractivity contribution in [3.8, 4) is 0 Å². The molecule has 0 saturated carbocycles. The summed E-state index contributed by atoms with van der Waals surface area (Å²) >= 11 is 0. The van der Waals surface area contributed by atoms with Crippen LogP contribution >= 0.6 is 0 Å². The Labute approximate surface area is 85.1 Å². The molecule has 1 aliphatic rings. The quantitative estimate of drug-likeness (QED) is 0.752. The average Bonchev–Trinajstić information content (AvgIpc) is 2.23. The second kappa shape index (κ2) is 4.53. The van der Waals surface area contributed by atoms with Crippen molar-refractivity contribution in [3.05, 3.63) is 30.1 Å². The molecule has 2 heterocycles. The van der Waals surface area contributed by atoms with Crippen molar-refractivity contribution in [1.82, 2.24) is 15.2 Å². The highest BCUT2D eigenvalue weighted by Crippen LogP contribution is 2.07. The van der Waals surface area contributed by atoms with Crippen LogP contribution in [0.15, 0.2) is 24.4 Å². The Kier molecular flexibility index (Phi) is 3.11. The molecule has 3 heteroatoms. The first-order valence-electron chi connectivity index (χ1n) is 5.21. The van der Waals surface area contributed by atoms with Crippen LogP contribution < -0.4 is 5.32 Å². The number of rotatable bonds is 2. The Morgan fingerprint density at radius 2 is 2.50 bits per heavy atom. The third kappa shape index (κ3) is 2.30. The highest BCUT2D eigenvalue weighted by Gasteiger charge is 2.17. The lowest BCUT2D eigenvalue weighted by Gasteiger charge is -2.33. The SMILES string of the molecule is C[C@@H]1CNCCN1Cc1ccccn1. The minimum Gasteiger partial charge on any atom is -0.314 e. The number of hydrogen-bond donors (Lipinski definition) is 1. The van der Waals surface area contributed by atoms with Crippen molar-refractivity contribution in [2.24, 2.45) is 0 Å². The minimum absolute atomic E-state index is 0.616. The molecule has 1 saturated heterocycles. The van der Waals surface area contributed by atoms with Crippen LogP contribution in [-0.4, -0.2) is 35.6 Å². The zero-order valence-corrected chi connectivity index (χ0v) is 8.61. The van der Waals surface area contributed by atoms with Crippen molar-refractivity contribution in [2.45, 2.75) is 19.5 Å². The Balaban J connectivity index is 1.96. The van der Waals surface area contributed by atoms with Crippen LogP contribution in [0.3, 0.4) is 0 Å². The molecular formula is C11H17N3. The number of pyridine rings is 1. The van der Waals surface area contributed by atoms with Gasteiger partial charge in [0.05, 0.1) is 5.69 Å². The van der Waals surface area contributed by atoms with Gasteiger partial charge in [-0.2, -0.15) is 0 Å². The van der Waals surface area contributed by atoms with E-state index >= 15 is 0 Å². The molecule has 0 spiro atoms. The van der Waals surface area contributed by atoms with E-state index in [1.807, 2.05) is 12.3 Å². The highest BCUT2D eigenvalue weighted by molar-refractivity contribution is 5.03. The Morgan fingerprint density at radius 1 is 1.57 bits per heavy atom. The third-order valence-corrected chi connectivity index (χ3v) is 2.73. The van der Waals surface area contributed by atoms with Gasteiger partial charge in [0.2, 0.25) is 0 Å². The summed E-state index contributed by atoms with van der Waals surface area (Å²) in [5, 5.41) is 3.39. The molecule has 1 fully saturated rings. The van der Waals surface area contributed by atoms with Crippen LogP contribution in [-0.2, 0) is 6.54 Å². The predicted octanol–water partition coefficient (Wildman–Crippen LogP) is 0.875. The van der Waals surface area contributed by atoms with E-state index in [-0.39, 0.29) is 0 Å². The van der Waals surface area contributed by atoms with Gasteiger partial charge in [-0.3, -0.25) is 9.88 Å². The van der Waals surface area contributed by atoms with Crippen LogP contribution in [0.4, 0.5) is 0 Å². The van der Waals surface area contributed by atoms with E-state index in [1.165, 1.54) is 5.69 Å². The summed E-state index contributed by atoms with van der Waals surface area (Å²) in [6.07, 6.45) is 1.86. The lowest BCUT2D eigenvalue weighted by Crippen LogP contribution is -2.49. The standard InChI is InChI=1S/C11H17N3/c1-10-8-12-6-7-14(10)9-11-4-2-3-5-13-11/h2-5,10,12H,6-9H2,1H3/t10-/m1/s1. The average molecular weight is 191 g/mol. The topological polar surface area (TPSA) is 28.2 Å². The lowest BCUT2D eigenvalue weighted by molar-refractivity contribution is 0.164. The molecule has 1 aromatic rings. The molecule has 1 atom stereocenters. The second-order valence-electron chi connectivity index (χ2n) is 3.84. The normalized spacial score (nSPS) is 23.6. The fraction of sp³-hybridized carbons (Fsp3) is 0.545. The molecule has 2 rings (SSSR count). The van der Waals surface area contributed by atoms with E-state index in [0.717, 1.165) is 26.2 Å². The van der Waals surface area contributed by atoms with Gasteiger partial charge in [0.25, 0.3) is 0 Å². The van der Waals surface area contributed by atoms with Gasteiger partial charge in [0, 0.05) is 38.4 Å². The molecule has 1 aromatic heterocycles. The van der Waals surface area contributed by atoms with Gasteiger partial charge in [-0.25, -0.2) is 0 Å². The maximum absolute atomic E-state index is 4.35. The summed E-state index contributed by atoms with van der Waals surface area (Å²) in [6.45, 7) is 6.54. The van der Waals surface area contributed by atoms with E-state index < -0.39 is 0 Å². The first kappa shape index (κ1) is 9.62. The predicted molar refractivity (Wildman–Crippen MR) is 57.0 cm³/mol. The van der Waals surface area contributed by atoms with Gasteiger partial charge in [0.1, 0.15) is 0 Å². The van der Waals surface area contributed by atoms with Crippen molar-refractivity contribution in [1.29, 1.82) is 0 Å². The number of aromatic nitrogens is 1. The zero-order valence-electron chi connectivity index (χ0n) is 8.61. The largest absolute Gasteiger partial charge is 0.314 e. The first-order chi connectivity index (χ1) is 6.86. The van der Waals surface area contributed by atoms with Gasteiger partial charge in [-0.1, -0.05) is 6.07 Å². The maximum Gasteiger partial charge on any atom is 0.0544 e. The smallest absolute Gasteiger partial charge is 0.0544 e. The lowest BCUT2D eigenvalue weighted by atomic mass is 10.2. The van der Waals surface area contributed by atoms with Crippen LogP contribution in [0.5, 0.6) is 0 Å². The number of nitrogens with one attached hydrogen (secondary N) is 1. The molecule has 0 unspecified atom stereocenters. The summed E-state index contributed by atoms with van der Waals surface area (Å²) in [5.41, 5.74) is 1.17. The van der Waals surface area contributed by atoms with Crippen molar-refractivity contribution >= 4 is 0 Å². The van der Waals surface area contributed by atoms with Crippen LogP contribution in [0, 0.1) is 0 Å². The summed E-state index contributed by atoms with van der Waals surface area (Å²) in [7, 11) is 0. The van der Waals surface area contributed by atoms with Crippen LogP contribution in [0.2, 0.25) is 0 Å². The van der Waals surface area contributed by atoms with Gasteiger partial charge in [-0.05, 0) is 19.1 Å². The van der Waals surface area contributed by atoms with Crippen molar-refractivity contribution < 1.29 is 0 Å². The summed E-state index contributed by atoms with van der Waals surface area (Å²) in [4.78, 5) is 6.82. The molecule has 3 nitrogen and oxygen atoms in total.